The van der Waals surface area contributed by atoms with Crippen molar-refractivity contribution >= 4 is 17.7 Å². The number of nitrogens with zero attached hydrogens (tertiary/aromatic N) is 1. The van der Waals surface area contributed by atoms with Gasteiger partial charge in [0.25, 0.3) is 0 Å². The number of benzene rings is 2. The topological polar surface area (TPSA) is 68.2 Å². The molecule has 0 bridgehead atoms. The first-order valence-corrected chi connectivity index (χ1v) is 11.1. The number of aliphatic hydroxyl groups excluding tert-OH is 1. The summed E-state index contributed by atoms with van der Waals surface area (Å²) in [6.07, 6.45) is -0.480. The first-order chi connectivity index (χ1) is 14.4. The van der Waals surface area contributed by atoms with Crippen LogP contribution in [0.2, 0.25) is 0 Å². The molecule has 1 fully saturated rings. The molecule has 0 aromatic heterocycles. The maximum Gasteiger partial charge on any atom is 0.234 e. The number of thioether (sulfide) groups is 1. The fourth-order valence-corrected chi connectivity index (χ4v) is 4.53. The average molecular weight is 432 g/mol. The predicted octanol–water partition coefficient (Wildman–Crippen LogP) is 4.02. The van der Waals surface area contributed by atoms with E-state index in [1.54, 1.807) is 25.8 Å². The Kier molecular flexibility index (Phi) is 7.50. The predicted molar refractivity (Wildman–Crippen MR) is 118 cm³/mol. The van der Waals surface area contributed by atoms with Gasteiger partial charge in [0, 0.05) is 6.54 Å². The summed E-state index contributed by atoms with van der Waals surface area (Å²) in [5.41, 5.74) is 1.84. The fraction of sp³-hybridized carbons (Fsp3) is 0.435. The van der Waals surface area contributed by atoms with E-state index in [0.717, 1.165) is 16.9 Å². The van der Waals surface area contributed by atoms with Gasteiger partial charge in [-0.25, -0.2) is 0 Å². The molecule has 1 aliphatic rings. The second kappa shape index (κ2) is 10.1. The summed E-state index contributed by atoms with van der Waals surface area (Å²) < 4.78 is 17.1. The highest BCUT2D eigenvalue weighted by atomic mass is 32.2. The zero-order chi connectivity index (χ0) is 21.7. The molecule has 6 nitrogen and oxygen atoms in total. The molecular formula is C23H29NO5S. The normalized spacial score (nSPS) is 17.3. The van der Waals surface area contributed by atoms with E-state index in [4.69, 9.17) is 14.2 Å². The lowest BCUT2D eigenvalue weighted by Gasteiger charge is -2.27. The van der Waals surface area contributed by atoms with Gasteiger partial charge in [0.15, 0.2) is 0 Å². The van der Waals surface area contributed by atoms with Gasteiger partial charge in [-0.1, -0.05) is 18.2 Å². The van der Waals surface area contributed by atoms with Crippen molar-refractivity contribution < 1.29 is 24.1 Å². The quantitative estimate of drug-likeness (QED) is 0.647. The van der Waals surface area contributed by atoms with Gasteiger partial charge in [0.2, 0.25) is 5.91 Å². The van der Waals surface area contributed by atoms with Gasteiger partial charge in [-0.15, -0.1) is 11.8 Å². The summed E-state index contributed by atoms with van der Waals surface area (Å²) in [6.45, 7) is 6.30. The molecule has 2 unspecified atom stereocenters. The molecule has 1 N–H and O–H groups in total. The van der Waals surface area contributed by atoms with E-state index < -0.39 is 6.10 Å². The highest BCUT2D eigenvalue weighted by Gasteiger charge is 2.36. The van der Waals surface area contributed by atoms with Crippen molar-refractivity contribution in [2.75, 3.05) is 19.5 Å². The Bertz CT molecular complexity index is 853. The van der Waals surface area contributed by atoms with Crippen LogP contribution in [-0.2, 0) is 11.3 Å². The minimum absolute atomic E-state index is 0.0693. The molecule has 30 heavy (non-hydrogen) atoms. The fourth-order valence-electron chi connectivity index (χ4n) is 3.29. The lowest BCUT2D eigenvalue weighted by atomic mass is 10.1. The van der Waals surface area contributed by atoms with Gasteiger partial charge < -0.3 is 24.2 Å². The molecule has 0 aliphatic carbocycles. The Labute approximate surface area is 182 Å². The van der Waals surface area contributed by atoms with Crippen LogP contribution in [-0.4, -0.2) is 47.6 Å². The van der Waals surface area contributed by atoms with E-state index in [0.29, 0.717) is 23.8 Å². The van der Waals surface area contributed by atoms with Crippen molar-refractivity contribution in [1.82, 2.24) is 4.90 Å². The molecule has 0 spiro atoms. The lowest BCUT2D eigenvalue weighted by Crippen LogP contribution is -2.28. The smallest absolute Gasteiger partial charge is 0.234 e. The third-order valence-corrected chi connectivity index (χ3v) is 5.81. The van der Waals surface area contributed by atoms with E-state index in [1.165, 1.54) is 0 Å². The van der Waals surface area contributed by atoms with Crippen LogP contribution in [0.4, 0.5) is 0 Å². The molecule has 1 heterocycles. The summed E-state index contributed by atoms with van der Waals surface area (Å²) >= 11 is 1.55. The highest BCUT2D eigenvalue weighted by Crippen LogP contribution is 2.47. The second-order valence-corrected chi connectivity index (χ2v) is 8.60. The zero-order valence-corrected chi connectivity index (χ0v) is 18.6. The molecule has 3 rings (SSSR count). The van der Waals surface area contributed by atoms with Crippen molar-refractivity contribution in [1.29, 1.82) is 0 Å². The van der Waals surface area contributed by atoms with Gasteiger partial charge in [-0.05, 0) is 50.6 Å². The Morgan fingerprint density at radius 3 is 2.47 bits per heavy atom. The van der Waals surface area contributed by atoms with Crippen LogP contribution < -0.4 is 14.2 Å². The van der Waals surface area contributed by atoms with E-state index in [2.05, 4.69) is 0 Å². The van der Waals surface area contributed by atoms with E-state index in [9.17, 15) is 9.90 Å². The molecule has 162 valence electrons. The van der Waals surface area contributed by atoms with Crippen LogP contribution in [0.3, 0.4) is 0 Å². The molecule has 2 aromatic rings. The van der Waals surface area contributed by atoms with E-state index in [1.807, 2.05) is 61.2 Å². The van der Waals surface area contributed by atoms with Crippen LogP contribution in [0.5, 0.6) is 17.2 Å². The van der Waals surface area contributed by atoms with Crippen LogP contribution in [0.15, 0.2) is 42.5 Å². The number of hydrogen-bond donors (Lipinski definition) is 1. The van der Waals surface area contributed by atoms with Crippen molar-refractivity contribution in [3.63, 3.8) is 0 Å². The summed E-state index contributed by atoms with van der Waals surface area (Å²) in [4.78, 5) is 14.6. The van der Waals surface area contributed by atoms with Crippen LogP contribution in [0, 0.1) is 0 Å². The van der Waals surface area contributed by atoms with Gasteiger partial charge >= 0.3 is 0 Å². The third-order valence-electron chi connectivity index (χ3n) is 4.59. The van der Waals surface area contributed by atoms with Gasteiger partial charge in [0.1, 0.15) is 29.2 Å². The Morgan fingerprint density at radius 2 is 1.83 bits per heavy atom. The second-order valence-electron chi connectivity index (χ2n) is 7.53. The molecule has 1 saturated heterocycles. The number of aliphatic hydroxyl groups is 1. The standard InChI is InChI=1S/C23H29NO5S/c1-15(2)29-18-10-8-17(9-11-18)12-24-21(26)14-30-23(24)22-19(27-4)6-5-7-20(22)28-13-16(3)25/h5-11,15-16,23,25H,12-14H2,1-4H3. The van der Waals surface area contributed by atoms with Crippen molar-refractivity contribution in [3.05, 3.63) is 53.6 Å². The van der Waals surface area contributed by atoms with E-state index >= 15 is 0 Å². The molecule has 7 heteroatoms. The van der Waals surface area contributed by atoms with E-state index in [-0.39, 0.29) is 24.0 Å². The van der Waals surface area contributed by atoms with Gasteiger partial charge in [-0.3, -0.25) is 4.79 Å². The summed E-state index contributed by atoms with van der Waals surface area (Å²) in [7, 11) is 1.61. The van der Waals surface area contributed by atoms with Crippen molar-refractivity contribution in [3.8, 4) is 17.2 Å². The number of methoxy groups -OCH3 is 1. The summed E-state index contributed by atoms with van der Waals surface area (Å²) in [5, 5.41) is 9.39. The first kappa shape index (κ1) is 22.3. The minimum Gasteiger partial charge on any atom is -0.496 e. The molecule has 1 amide bonds. The number of amides is 1. The number of ether oxygens (including phenoxy) is 3. The molecular weight excluding hydrogens is 402 g/mol. The maximum atomic E-state index is 12.7. The lowest BCUT2D eigenvalue weighted by molar-refractivity contribution is -0.128. The molecule has 2 atom stereocenters. The number of carbonyl (C=O) groups is 1. The number of carbonyl (C=O) groups excluding carboxylic acids is 1. The van der Waals surface area contributed by atoms with Crippen molar-refractivity contribution in [2.24, 2.45) is 0 Å². The van der Waals surface area contributed by atoms with Gasteiger partial charge in [-0.2, -0.15) is 0 Å². The summed E-state index contributed by atoms with van der Waals surface area (Å²) in [5.74, 6) is 2.56. The molecule has 2 aromatic carbocycles. The van der Waals surface area contributed by atoms with Crippen LogP contribution in [0.1, 0.15) is 37.3 Å². The Morgan fingerprint density at radius 1 is 1.13 bits per heavy atom. The van der Waals surface area contributed by atoms with Crippen LogP contribution in [0.25, 0.3) is 0 Å². The SMILES string of the molecule is COc1cccc(OCC(C)O)c1C1SCC(=O)N1Cc1ccc(OC(C)C)cc1. The maximum absolute atomic E-state index is 12.7. The van der Waals surface area contributed by atoms with Crippen molar-refractivity contribution in [2.45, 2.75) is 44.9 Å². The zero-order valence-electron chi connectivity index (χ0n) is 17.8. The Hall–Kier alpha value is -2.38. The number of rotatable bonds is 9. The van der Waals surface area contributed by atoms with Gasteiger partial charge in [0.05, 0.1) is 30.6 Å². The Balaban J connectivity index is 1.86. The largest absolute Gasteiger partial charge is 0.496 e. The number of hydrogen-bond acceptors (Lipinski definition) is 6. The molecule has 1 aliphatic heterocycles. The highest BCUT2D eigenvalue weighted by molar-refractivity contribution is 8.00. The first-order valence-electron chi connectivity index (χ1n) is 10.0. The minimum atomic E-state index is -0.593. The third kappa shape index (κ3) is 5.40. The average Bonchev–Trinajstić information content (AvgIpc) is 3.07. The molecule has 0 radical (unpaired) electrons. The monoisotopic (exact) mass is 431 g/mol. The summed E-state index contributed by atoms with van der Waals surface area (Å²) in [6, 6.07) is 13.4. The van der Waals surface area contributed by atoms with Crippen LogP contribution >= 0.6 is 11.8 Å². The molecule has 0 saturated carbocycles.